The molecule has 142 valence electrons. The molecule has 1 atom stereocenters. The third kappa shape index (κ3) is 5.82. The molecular weight excluding hydrogens is 368 g/mol. The van der Waals surface area contributed by atoms with Gasteiger partial charge in [-0.25, -0.2) is 0 Å². The molecule has 0 fully saturated rings. The maximum Gasteiger partial charge on any atom is 0.191 e. The molecule has 4 heteroatoms. The predicted molar refractivity (Wildman–Crippen MR) is 123 cm³/mol. The first-order valence-electron chi connectivity index (χ1n) is 9.54. The van der Waals surface area contributed by atoms with Gasteiger partial charge in [0, 0.05) is 16.2 Å². The predicted octanol–water partition coefficient (Wildman–Crippen LogP) is 7.28. The van der Waals surface area contributed by atoms with Crippen LogP contribution in [0.2, 0.25) is 37.8 Å². The first-order chi connectivity index (χ1) is 11.9. The smallest absolute Gasteiger partial charge is 0.191 e. The molecule has 1 aromatic heterocycles. The molecule has 0 radical (unpaired) electrons. The summed E-state index contributed by atoms with van der Waals surface area (Å²) >= 11 is 1.89. The summed E-state index contributed by atoms with van der Waals surface area (Å²) in [5, 5.41) is 1.59. The molecule has 1 nitrogen and oxygen atoms in total. The minimum absolute atomic E-state index is 0.254. The van der Waals surface area contributed by atoms with Crippen LogP contribution >= 0.6 is 11.3 Å². The van der Waals surface area contributed by atoms with Gasteiger partial charge in [-0.05, 0) is 42.1 Å². The third-order valence-electron chi connectivity index (χ3n) is 5.09. The largest absolute Gasteiger partial charge is 0.417 e. The molecule has 1 aromatic carbocycles. The van der Waals surface area contributed by atoms with Crippen LogP contribution in [0.15, 0.2) is 30.3 Å². The summed E-state index contributed by atoms with van der Waals surface area (Å²) in [4.78, 5) is 1.38. The van der Waals surface area contributed by atoms with Gasteiger partial charge in [-0.3, -0.25) is 0 Å². The van der Waals surface area contributed by atoms with Crippen molar-refractivity contribution < 1.29 is 4.43 Å². The van der Waals surface area contributed by atoms with Crippen molar-refractivity contribution in [2.45, 2.75) is 70.9 Å². The van der Waals surface area contributed by atoms with Crippen molar-refractivity contribution in [3.8, 4) is 11.5 Å². The Morgan fingerprint density at radius 2 is 1.73 bits per heavy atom. The van der Waals surface area contributed by atoms with E-state index in [1.54, 1.807) is 0 Å². The van der Waals surface area contributed by atoms with Gasteiger partial charge in [0.2, 0.25) is 0 Å². The molecule has 0 aliphatic heterocycles. The van der Waals surface area contributed by atoms with Crippen molar-refractivity contribution in [2.24, 2.45) is 0 Å². The minimum atomic E-state index is -1.70. The van der Waals surface area contributed by atoms with Gasteiger partial charge in [-0.1, -0.05) is 58.6 Å². The lowest BCUT2D eigenvalue weighted by molar-refractivity contribution is 0.279. The van der Waals surface area contributed by atoms with E-state index in [2.05, 4.69) is 95.3 Å². The van der Waals surface area contributed by atoms with E-state index in [4.69, 9.17) is 4.43 Å². The Labute approximate surface area is 166 Å². The third-order valence-corrected chi connectivity index (χ3v) is 11.7. The average Bonchev–Trinajstić information content (AvgIpc) is 2.92. The molecule has 0 saturated carbocycles. The lowest BCUT2D eigenvalue weighted by atomic mass is 10.0. The van der Waals surface area contributed by atoms with Gasteiger partial charge in [0.15, 0.2) is 8.32 Å². The Kier molecular flexibility index (Phi) is 6.61. The summed E-state index contributed by atoms with van der Waals surface area (Å²) in [6.45, 7) is 19.3. The summed E-state index contributed by atoms with van der Waals surface area (Å²) in [5.74, 6) is 3.90. The van der Waals surface area contributed by atoms with Crippen molar-refractivity contribution in [1.82, 2.24) is 0 Å². The van der Waals surface area contributed by atoms with Crippen molar-refractivity contribution in [1.29, 1.82) is 0 Å². The highest BCUT2D eigenvalue weighted by Gasteiger charge is 2.37. The summed E-state index contributed by atoms with van der Waals surface area (Å²) in [7, 11) is -3.09. The lowest BCUT2D eigenvalue weighted by Gasteiger charge is -2.36. The molecule has 0 saturated heterocycles. The molecule has 2 rings (SSSR count). The molecular formula is C22H34OSSi2. The van der Waals surface area contributed by atoms with Gasteiger partial charge in [-0.2, -0.15) is 0 Å². The van der Waals surface area contributed by atoms with Crippen LogP contribution in [0.3, 0.4) is 0 Å². The van der Waals surface area contributed by atoms with Crippen LogP contribution in [0.25, 0.3) is 10.1 Å². The Balaban J connectivity index is 2.20. The molecule has 0 amide bonds. The van der Waals surface area contributed by atoms with Crippen LogP contribution in [0, 0.1) is 11.5 Å². The number of thiophene rings is 1. The van der Waals surface area contributed by atoms with Crippen LogP contribution in [-0.2, 0) is 4.43 Å². The van der Waals surface area contributed by atoms with Crippen LogP contribution < -0.4 is 0 Å². The van der Waals surface area contributed by atoms with Crippen LogP contribution in [0.4, 0.5) is 0 Å². The summed E-state index contributed by atoms with van der Waals surface area (Å²) in [6.07, 6.45) is 0.983. The Hall–Kier alpha value is -0.866. The van der Waals surface area contributed by atoms with Crippen LogP contribution in [0.1, 0.15) is 38.0 Å². The van der Waals surface area contributed by atoms with Crippen molar-refractivity contribution >= 4 is 37.8 Å². The van der Waals surface area contributed by atoms with E-state index in [1.165, 1.54) is 15.0 Å². The molecule has 0 bridgehead atoms. The van der Waals surface area contributed by atoms with E-state index in [0.29, 0.717) is 0 Å². The zero-order valence-corrected chi connectivity index (χ0v) is 20.5. The fraction of sp³-hybridized carbons (Fsp3) is 0.545. The van der Waals surface area contributed by atoms with Gasteiger partial charge in [-0.15, -0.1) is 22.8 Å². The van der Waals surface area contributed by atoms with Crippen molar-refractivity contribution in [2.75, 3.05) is 6.61 Å². The minimum Gasteiger partial charge on any atom is -0.417 e. The SMILES string of the molecule is CC(C)(C)[Si](C)(C)OCC[C@@H](C#C[Si](C)(C)C)c1cc2ccccc2s1. The summed E-state index contributed by atoms with van der Waals surface area (Å²) in [5.41, 5.74) is 3.59. The first-order valence-corrected chi connectivity index (χ1v) is 16.8. The van der Waals surface area contributed by atoms with E-state index in [0.717, 1.165) is 13.0 Å². The summed E-state index contributed by atoms with van der Waals surface area (Å²) in [6, 6.07) is 11.0. The number of hydrogen-bond acceptors (Lipinski definition) is 2. The van der Waals surface area contributed by atoms with Gasteiger partial charge in [0.25, 0.3) is 0 Å². The number of hydrogen-bond donors (Lipinski definition) is 0. The molecule has 0 aliphatic rings. The van der Waals surface area contributed by atoms with Crippen molar-refractivity contribution in [3.05, 3.63) is 35.2 Å². The lowest BCUT2D eigenvalue weighted by Crippen LogP contribution is -2.41. The van der Waals surface area contributed by atoms with E-state index in [9.17, 15) is 0 Å². The second-order valence-corrected chi connectivity index (χ2v) is 20.3. The van der Waals surface area contributed by atoms with Crippen LogP contribution in [-0.4, -0.2) is 23.0 Å². The highest BCUT2D eigenvalue weighted by atomic mass is 32.1. The zero-order chi connectivity index (χ0) is 19.6. The van der Waals surface area contributed by atoms with Gasteiger partial charge in [0.1, 0.15) is 8.07 Å². The second-order valence-electron chi connectivity index (χ2n) is 9.66. The standard InChI is InChI=1S/C22H34OSSi2/c1-22(2,3)26(7,8)23-15-13-18(14-16-25(4,5)6)21-17-19-11-9-10-12-20(19)24-21/h9-12,17-18H,13,15H2,1-8H3/t18-/m0/s1. The monoisotopic (exact) mass is 402 g/mol. The van der Waals surface area contributed by atoms with Gasteiger partial charge in [0.05, 0.1) is 5.92 Å². The Bertz CT molecular complexity index is 764. The van der Waals surface area contributed by atoms with Crippen molar-refractivity contribution in [3.63, 3.8) is 0 Å². The maximum atomic E-state index is 6.44. The fourth-order valence-corrected chi connectivity index (χ4v) is 5.23. The molecule has 0 N–H and O–H groups in total. The average molecular weight is 403 g/mol. The number of benzene rings is 1. The van der Waals surface area contributed by atoms with E-state index >= 15 is 0 Å². The van der Waals surface area contributed by atoms with E-state index in [-0.39, 0.29) is 11.0 Å². The molecule has 0 unspecified atom stereocenters. The molecule has 0 aliphatic carbocycles. The number of rotatable bonds is 5. The van der Waals surface area contributed by atoms with Crippen LogP contribution in [0.5, 0.6) is 0 Å². The Morgan fingerprint density at radius 1 is 1.08 bits per heavy atom. The first kappa shape index (κ1) is 21.4. The van der Waals surface area contributed by atoms with Gasteiger partial charge >= 0.3 is 0 Å². The topological polar surface area (TPSA) is 9.23 Å². The Morgan fingerprint density at radius 3 is 2.31 bits per heavy atom. The normalized spacial score (nSPS) is 14.2. The van der Waals surface area contributed by atoms with Gasteiger partial charge < -0.3 is 4.43 Å². The quantitative estimate of drug-likeness (QED) is 0.377. The molecule has 1 heterocycles. The van der Waals surface area contributed by atoms with E-state index in [1.807, 2.05) is 11.3 Å². The highest BCUT2D eigenvalue weighted by Crippen LogP contribution is 2.37. The van der Waals surface area contributed by atoms with E-state index < -0.39 is 16.4 Å². The maximum absolute atomic E-state index is 6.44. The highest BCUT2D eigenvalue weighted by molar-refractivity contribution is 7.19. The summed E-state index contributed by atoms with van der Waals surface area (Å²) < 4.78 is 7.79. The molecule has 2 aromatic rings. The molecule has 26 heavy (non-hydrogen) atoms. The second kappa shape index (κ2) is 8.02. The molecule has 0 spiro atoms. The zero-order valence-electron chi connectivity index (χ0n) is 17.7. The number of fused-ring (bicyclic) bond motifs is 1. The fourth-order valence-electron chi connectivity index (χ4n) is 2.41.